The third-order valence-corrected chi connectivity index (χ3v) is 12.3. The van der Waals surface area contributed by atoms with E-state index in [0.717, 1.165) is 51.0 Å². The van der Waals surface area contributed by atoms with Crippen LogP contribution < -0.4 is 0 Å². The molecule has 0 fully saturated rings. The summed E-state index contributed by atoms with van der Waals surface area (Å²) in [6.07, 6.45) is 9.88. The van der Waals surface area contributed by atoms with E-state index in [-0.39, 0.29) is 6.04 Å². The van der Waals surface area contributed by atoms with E-state index in [2.05, 4.69) is 215 Å². The molecule has 8 aromatic carbocycles. The molecule has 3 heterocycles. The number of benzene rings is 8. The van der Waals surface area contributed by atoms with Crippen molar-refractivity contribution in [2.75, 3.05) is 0 Å². The van der Waals surface area contributed by atoms with Crippen LogP contribution >= 0.6 is 0 Å². The molecular weight excluding hydrogens is 755 g/mol. The summed E-state index contributed by atoms with van der Waals surface area (Å²) in [7, 11) is 0. The average molecular weight is 794 g/mol. The minimum Gasteiger partial charge on any atom is -0.331 e. The van der Waals surface area contributed by atoms with Crippen molar-refractivity contribution in [3.63, 3.8) is 0 Å². The molecule has 5 heteroatoms. The molecule has 1 aliphatic carbocycles. The second-order valence-electron chi connectivity index (χ2n) is 16.0. The largest absolute Gasteiger partial charge is 0.331 e. The zero-order chi connectivity index (χ0) is 41.0. The van der Waals surface area contributed by atoms with Crippen LogP contribution in [0.2, 0.25) is 0 Å². The van der Waals surface area contributed by atoms with Crippen LogP contribution in [0.4, 0.5) is 0 Å². The van der Waals surface area contributed by atoms with Crippen molar-refractivity contribution in [2.24, 2.45) is 0 Å². The molecule has 1 atom stereocenters. The Morgan fingerprint density at radius 3 is 1.58 bits per heavy atom. The first kappa shape index (κ1) is 35.8. The lowest BCUT2D eigenvalue weighted by atomic mass is 10.0. The van der Waals surface area contributed by atoms with E-state index in [1.165, 1.54) is 43.7 Å². The highest BCUT2D eigenvalue weighted by Crippen LogP contribution is 2.43. The summed E-state index contributed by atoms with van der Waals surface area (Å²) in [4.78, 5) is 15.6. The minimum atomic E-state index is 0.190. The molecule has 1 unspecified atom stereocenters. The molecule has 0 bridgehead atoms. The summed E-state index contributed by atoms with van der Waals surface area (Å²) in [5.41, 5.74) is 13.2. The number of hydrogen-bond acceptors (Lipinski definition) is 3. The molecule has 0 radical (unpaired) electrons. The Morgan fingerprint density at radius 2 is 0.887 bits per heavy atom. The summed E-state index contributed by atoms with van der Waals surface area (Å²) in [6, 6.07) is 69.0. The fourth-order valence-electron chi connectivity index (χ4n) is 9.36. The molecule has 0 amide bonds. The van der Waals surface area contributed by atoms with Gasteiger partial charge in [0.15, 0.2) is 17.5 Å². The molecule has 0 aliphatic heterocycles. The normalized spacial score (nSPS) is 13.8. The first-order chi connectivity index (χ1) is 30.7. The predicted octanol–water partition coefficient (Wildman–Crippen LogP) is 14.5. The van der Waals surface area contributed by atoms with Crippen molar-refractivity contribution >= 4 is 43.6 Å². The van der Waals surface area contributed by atoms with Crippen molar-refractivity contribution in [2.45, 2.75) is 12.5 Å². The van der Waals surface area contributed by atoms with Crippen LogP contribution in [0.25, 0.3) is 106 Å². The van der Waals surface area contributed by atoms with Gasteiger partial charge in [0.1, 0.15) is 0 Å². The first-order valence-corrected chi connectivity index (χ1v) is 21.2. The van der Waals surface area contributed by atoms with Crippen molar-refractivity contribution in [1.29, 1.82) is 0 Å². The zero-order valence-electron chi connectivity index (χ0n) is 33.8. The number of para-hydroxylation sites is 2. The van der Waals surface area contributed by atoms with Crippen LogP contribution in [-0.2, 0) is 0 Å². The van der Waals surface area contributed by atoms with Gasteiger partial charge in [-0.25, -0.2) is 15.0 Å². The molecule has 62 heavy (non-hydrogen) atoms. The summed E-state index contributed by atoms with van der Waals surface area (Å²) in [5.74, 6) is 1.86. The average Bonchev–Trinajstić information content (AvgIpc) is 3.88. The van der Waals surface area contributed by atoms with Crippen LogP contribution in [0.3, 0.4) is 0 Å². The summed E-state index contributed by atoms with van der Waals surface area (Å²) >= 11 is 0. The molecule has 1 aliphatic rings. The number of nitrogens with zero attached hydrogens (tertiary/aromatic N) is 5. The van der Waals surface area contributed by atoms with Gasteiger partial charge in [0.05, 0.1) is 22.6 Å². The first-order valence-electron chi connectivity index (χ1n) is 21.2. The van der Waals surface area contributed by atoms with Gasteiger partial charge in [-0.3, -0.25) is 0 Å². The number of aromatic nitrogens is 5. The third kappa shape index (κ3) is 6.05. The highest BCUT2D eigenvalue weighted by Gasteiger charge is 2.24. The van der Waals surface area contributed by atoms with Crippen LogP contribution in [0.15, 0.2) is 218 Å². The van der Waals surface area contributed by atoms with Gasteiger partial charge in [-0.15, -0.1) is 0 Å². The highest BCUT2D eigenvalue weighted by molar-refractivity contribution is 6.23. The molecule has 292 valence electrons. The monoisotopic (exact) mass is 793 g/mol. The van der Waals surface area contributed by atoms with E-state index in [1.54, 1.807) is 0 Å². The van der Waals surface area contributed by atoms with Crippen molar-refractivity contribution in [1.82, 2.24) is 24.1 Å². The van der Waals surface area contributed by atoms with Gasteiger partial charge in [-0.1, -0.05) is 188 Å². The zero-order valence-corrected chi connectivity index (χ0v) is 33.8. The number of rotatable bonds is 7. The van der Waals surface area contributed by atoms with Crippen LogP contribution in [0, 0.1) is 0 Å². The molecule has 3 aromatic heterocycles. The number of hydrogen-bond donors (Lipinski definition) is 0. The van der Waals surface area contributed by atoms with Gasteiger partial charge >= 0.3 is 0 Å². The Kier molecular flexibility index (Phi) is 8.56. The van der Waals surface area contributed by atoms with E-state index in [0.29, 0.717) is 17.5 Å². The molecule has 0 saturated carbocycles. The van der Waals surface area contributed by atoms with E-state index in [1.807, 2.05) is 12.1 Å². The fourth-order valence-corrected chi connectivity index (χ4v) is 9.36. The van der Waals surface area contributed by atoms with Crippen molar-refractivity contribution < 1.29 is 0 Å². The maximum absolute atomic E-state index is 5.25. The van der Waals surface area contributed by atoms with Gasteiger partial charge in [0.25, 0.3) is 0 Å². The van der Waals surface area contributed by atoms with Crippen molar-refractivity contribution in [3.8, 4) is 62.1 Å². The topological polar surface area (TPSA) is 48.5 Å². The second kappa shape index (κ2) is 14.8. The second-order valence-corrected chi connectivity index (χ2v) is 16.0. The smallest absolute Gasteiger partial charge is 0.164 e. The van der Waals surface area contributed by atoms with Gasteiger partial charge < -0.3 is 9.13 Å². The molecule has 0 saturated heterocycles. The molecule has 12 rings (SSSR count). The fraction of sp³-hybridized carbons (Fsp3) is 0.0351. The standard InChI is InChI=1S/C57H39N5/c1-4-16-38(17-5-1)40-30-32-41(33-31-40)55-58-56(43-21-14-20-42(36-43)39-18-6-2-7-19-39)60-57(59-55)44-22-15-25-46(37-44)62-52-29-13-11-27-48(52)50-35-34-49-47-26-10-12-28-51(47)61(53(49)54(50)62)45-23-8-3-9-24-45/h1-23,25-37,45H,24H2. The van der Waals surface area contributed by atoms with E-state index >= 15 is 0 Å². The van der Waals surface area contributed by atoms with Crippen LogP contribution in [-0.4, -0.2) is 24.1 Å². The predicted molar refractivity (Wildman–Crippen MR) is 256 cm³/mol. The Hall–Kier alpha value is -8.15. The molecule has 0 spiro atoms. The molecule has 5 nitrogen and oxygen atoms in total. The number of fused-ring (bicyclic) bond motifs is 7. The van der Waals surface area contributed by atoms with Gasteiger partial charge in [-0.2, -0.15) is 0 Å². The SMILES string of the molecule is C1=CCC(n2c3ccccc3c3ccc4c5ccccc5n(-c5cccc(-c6nc(-c7ccc(-c8ccccc8)cc7)nc(-c7cccc(-c8ccccc8)c7)n6)c5)c4c32)C=C1. The lowest BCUT2D eigenvalue weighted by molar-refractivity contribution is 0.648. The summed E-state index contributed by atoms with van der Waals surface area (Å²) in [5, 5.41) is 4.95. The Morgan fingerprint density at radius 1 is 0.371 bits per heavy atom. The molecular formula is C57H39N5. The van der Waals surface area contributed by atoms with Crippen molar-refractivity contribution in [3.05, 3.63) is 218 Å². The highest BCUT2D eigenvalue weighted by atomic mass is 15.1. The summed E-state index contributed by atoms with van der Waals surface area (Å²) in [6.45, 7) is 0. The molecule has 11 aromatic rings. The van der Waals surface area contributed by atoms with Crippen LogP contribution in [0.1, 0.15) is 12.5 Å². The lowest BCUT2D eigenvalue weighted by Crippen LogP contribution is -2.08. The van der Waals surface area contributed by atoms with E-state index < -0.39 is 0 Å². The third-order valence-electron chi connectivity index (χ3n) is 12.3. The number of allylic oxidation sites excluding steroid dienone is 4. The maximum Gasteiger partial charge on any atom is 0.164 e. The van der Waals surface area contributed by atoms with Gasteiger partial charge in [-0.05, 0) is 59.0 Å². The molecule has 0 N–H and O–H groups in total. The van der Waals surface area contributed by atoms with Gasteiger partial charge in [0, 0.05) is 49.4 Å². The maximum atomic E-state index is 5.25. The quantitative estimate of drug-likeness (QED) is 0.161. The summed E-state index contributed by atoms with van der Waals surface area (Å²) < 4.78 is 5.01. The minimum absolute atomic E-state index is 0.190. The van der Waals surface area contributed by atoms with E-state index in [4.69, 9.17) is 15.0 Å². The van der Waals surface area contributed by atoms with Crippen LogP contribution in [0.5, 0.6) is 0 Å². The lowest BCUT2D eigenvalue weighted by Gasteiger charge is -2.20. The Bertz CT molecular complexity index is 3540. The van der Waals surface area contributed by atoms with Gasteiger partial charge in [0.2, 0.25) is 0 Å². The Labute approximate surface area is 359 Å². The van der Waals surface area contributed by atoms with E-state index in [9.17, 15) is 0 Å². The Balaban J connectivity index is 1.07.